The van der Waals surface area contributed by atoms with Crippen molar-refractivity contribution >= 4 is 43.7 Å². The van der Waals surface area contributed by atoms with Crippen LogP contribution < -0.4 is 0 Å². The van der Waals surface area contributed by atoms with Gasteiger partial charge in [0.2, 0.25) is 0 Å². The van der Waals surface area contributed by atoms with Crippen LogP contribution in [0.5, 0.6) is 0 Å². The maximum atomic E-state index is 7.12. The van der Waals surface area contributed by atoms with Gasteiger partial charge in [0.25, 0.3) is 0 Å². The van der Waals surface area contributed by atoms with Gasteiger partial charge in [0.05, 0.1) is 22.1 Å². The van der Waals surface area contributed by atoms with Crippen LogP contribution in [0.15, 0.2) is 217 Å². The van der Waals surface area contributed by atoms with E-state index in [0.717, 1.165) is 99.5 Å². The molecule has 0 saturated heterocycles. The number of fused-ring (bicyclic) bond motifs is 7. The molecule has 0 bridgehead atoms. The first-order valence-corrected chi connectivity index (χ1v) is 22.5. The van der Waals surface area contributed by atoms with E-state index < -0.39 is 0 Å². The fraction of sp³-hybridized carbons (Fsp3) is 0.0656. The van der Waals surface area contributed by atoms with Crippen LogP contribution in [0.2, 0.25) is 0 Å². The van der Waals surface area contributed by atoms with Crippen molar-refractivity contribution < 1.29 is 4.42 Å². The van der Waals surface area contributed by atoms with Gasteiger partial charge in [0.15, 0.2) is 17.5 Å². The van der Waals surface area contributed by atoms with Gasteiger partial charge in [-0.05, 0) is 58.0 Å². The van der Waals surface area contributed by atoms with E-state index in [1.165, 1.54) is 5.56 Å². The first-order chi connectivity index (χ1) is 32.4. The van der Waals surface area contributed by atoms with E-state index in [9.17, 15) is 0 Å². The van der Waals surface area contributed by atoms with Gasteiger partial charge in [-0.3, -0.25) is 0 Å². The normalized spacial score (nSPS) is 11.9. The zero-order chi connectivity index (χ0) is 44.4. The number of aromatic nitrogens is 4. The summed E-state index contributed by atoms with van der Waals surface area (Å²) in [5, 5.41) is 4.38. The minimum Gasteiger partial charge on any atom is -0.455 e. The van der Waals surface area contributed by atoms with Crippen molar-refractivity contribution in [3.8, 4) is 73.2 Å². The molecular formula is C61H44N4O. The van der Waals surface area contributed by atoms with E-state index in [1.54, 1.807) is 0 Å². The standard InChI is InChI=1S/C61H44N4O/c1-61(2,3)45-33-31-41(32-34-45)51-38-44(60-63-58(42-23-12-6-13-24-42)62-59(64-60)43-25-14-7-15-26-43)37-50(40-21-10-5-11-22-40)55(51)65-52-30-17-16-27-49(52)54-53(65)36-35-48-47-29-18-28-46(56(47)66-57(48)54)39-19-8-4-9-20-39/h4-38H,1-3H3. The summed E-state index contributed by atoms with van der Waals surface area (Å²) in [7, 11) is 0. The highest BCUT2D eigenvalue weighted by Crippen LogP contribution is 2.47. The van der Waals surface area contributed by atoms with Crippen molar-refractivity contribution in [2.45, 2.75) is 26.2 Å². The number of furan rings is 1. The molecule has 3 aromatic heterocycles. The van der Waals surface area contributed by atoms with Crippen molar-refractivity contribution in [1.82, 2.24) is 19.5 Å². The summed E-state index contributed by atoms with van der Waals surface area (Å²) in [5.41, 5.74) is 15.4. The highest BCUT2D eigenvalue weighted by atomic mass is 16.3. The van der Waals surface area contributed by atoms with Gasteiger partial charge in [0.1, 0.15) is 11.2 Å². The SMILES string of the molecule is CC(C)(C)c1ccc(-c2cc(-c3nc(-c4ccccc4)nc(-c4ccccc4)n3)cc(-c3ccccc3)c2-n2c3ccccc3c3c4oc5c(-c6ccccc6)cccc5c4ccc32)cc1. The number of para-hydroxylation sites is 2. The third-order valence-corrected chi connectivity index (χ3v) is 12.8. The van der Waals surface area contributed by atoms with Crippen LogP contribution in [0.25, 0.3) is 117 Å². The average molecular weight is 849 g/mol. The zero-order valence-electron chi connectivity index (χ0n) is 36.9. The zero-order valence-corrected chi connectivity index (χ0v) is 36.9. The molecule has 0 unspecified atom stereocenters. The van der Waals surface area contributed by atoms with Gasteiger partial charge in [-0.2, -0.15) is 0 Å². The van der Waals surface area contributed by atoms with Gasteiger partial charge in [-0.1, -0.05) is 203 Å². The molecule has 0 N–H and O–H groups in total. The summed E-state index contributed by atoms with van der Waals surface area (Å²) in [4.78, 5) is 15.5. The minimum absolute atomic E-state index is 0.0177. The Morgan fingerprint density at radius 2 is 0.833 bits per heavy atom. The van der Waals surface area contributed by atoms with E-state index in [-0.39, 0.29) is 5.41 Å². The molecule has 3 heterocycles. The van der Waals surface area contributed by atoms with Crippen molar-refractivity contribution in [3.05, 3.63) is 218 Å². The van der Waals surface area contributed by atoms with Crippen molar-refractivity contribution in [2.75, 3.05) is 0 Å². The third-order valence-electron chi connectivity index (χ3n) is 12.8. The molecule has 314 valence electrons. The van der Waals surface area contributed by atoms with Crippen LogP contribution in [0.3, 0.4) is 0 Å². The monoisotopic (exact) mass is 848 g/mol. The van der Waals surface area contributed by atoms with Crippen molar-refractivity contribution in [1.29, 1.82) is 0 Å². The molecule has 0 saturated carbocycles. The second-order valence-electron chi connectivity index (χ2n) is 18.0. The summed E-state index contributed by atoms with van der Waals surface area (Å²) in [6, 6.07) is 74.9. The Balaban J connectivity index is 1.19. The average Bonchev–Trinajstić information content (AvgIpc) is 3.93. The first kappa shape index (κ1) is 39.2. The predicted molar refractivity (Wildman–Crippen MR) is 273 cm³/mol. The summed E-state index contributed by atoms with van der Waals surface area (Å²) in [6.45, 7) is 6.78. The lowest BCUT2D eigenvalue weighted by molar-refractivity contribution is 0.590. The van der Waals surface area contributed by atoms with Crippen LogP contribution in [-0.4, -0.2) is 19.5 Å². The van der Waals surface area contributed by atoms with Gasteiger partial charge < -0.3 is 8.98 Å². The Kier molecular flexibility index (Phi) is 9.32. The molecule has 0 fully saturated rings. The molecular weight excluding hydrogens is 805 g/mol. The third kappa shape index (κ3) is 6.67. The Labute approximate surface area is 383 Å². The molecule has 9 aromatic carbocycles. The molecule has 12 aromatic rings. The van der Waals surface area contributed by atoms with Gasteiger partial charge in [0, 0.05) is 49.5 Å². The molecule has 0 spiro atoms. The Morgan fingerprint density at radius 3 is 1.41 bits per heavy atom. The number of nitrogens with zero attached hydrogens (tertiary/aromatic N) is 4. The van der Waals surface area contributed by atoms with Crippen LogP contribution in [0.1, 0.15) is 26.3 Å². The molecule has 66 heavy (non-hydrogen) atoms. The Hall–Kier alpha value is -8.41. The summed E-state index contributed by atoms with van der Waals surface area (Å²) >= 11 is 0. The van der Waals surface area contributed by atoms with Crippen LogP contribution in [0, 0.1) is 0 Å². The maximum Gasteiger partial charge on any atom is 0.164 e. The van der Waals surface area contributed by atoms with E-state index in [1.807, 2.05) is 36.4 Å². The van der Waals surface area contributed by atoms with E-state index >= 15 is 0 Å². The fourth-order valence-corrected chi connectivity index (χ4v) is 9.54. The maximum absolute atomic E-state index is 7.12. The molecule has 0 atom stereocenters. The number of hydrogen-bond acceptors (Lipinski definition) is 4. The minimum atomic E-state index is -0.0177. The Bertz CT molecular complexity index is 3700. The Morgan fingerprint density at radius 1 is 0.364 bits per heavy atom. The lowest BCUT2D eigenvalue weighted by Gasteiger charge is -2.22. The second kappa shape index (κ2) is 15.7. The second-order valence-corrected chi connectivity index (χ2v) is 18.0. The van der Waals surface area contributed by atoms with Crippen LogP contribution in [0.4, 0.5) is 0 Å². The van der Waals surface area contributed by atoms with Gasteiger partial charge in [-0.15, -0.1) is 0 Å². The molecule has 5 heteroatoms. The number of hydrogen-bond donors (Lipinski definition) is 0. The van der Waals surface area contributed by atoms with Crippen LogP contribution >= 0.6 is 0 Å². The number of rotatable bonds is 7. The predicted octanol–water partition coefficient (Wildman–Crippen LogP) is 16.2. The number of benzene rings is 9. The lowest BCUT2D eigenvalue weighted by Crippen LogP contribution is -2.10. The lowest BCUT2D eigenvalue weighted by atomic mass is 9.85. The molecule has 12 rings (SSSR count). The molecule has 0 aliphatic carbocycles. The first-order valence-electron chi connectivity index (χ1n) is 22.5. The quantitative estimate of drug-likeness (QED) is 0.160. The fourth-order valence-electron chi connectivity index (χ4n) is 9.54. The summed E-state index contributed by atoms with van der Waals surface area (Å²) in [6.07, 6.45) is 0. The van der Waals surface area contributed by atoms with Crippen molar-refractivity contribution in [3.63, 3.8) is 0 Å². The topological polar surface area (TPSA) is 56.7 Å². The van der Waals surface area contributed by atoms with Crippen molar-refractivity contribution in [2.24, 2.45) is 0 Å². The van der Waals surface area contributed by atoms with Crippen LogP contribution in [-0.2, 0) is 5.41 Å². The molecule has 0 aliphatic heterocycles. The molecule has 5 nitrogen and oxygen atoms in total. The van der Waals surface area contributed by atoms with E-state index in [2.05, 4.69) is 201 Å². The molecule has 0 aliphatic rings. The van der Waals surface area contributed by atoms with E-state index in [4.69, 9.17) is 19.4 Å². The highest BCUT2D eigenvalue weighted by molar-refractivity contribution is 6.25. The smallest absolute Gasteiger partial charge is 0.164 e. The molecule has 0 amide bonds. The van der Waals surface area contributed by atoms with Gasteiger partial charge in [-0.25, -0.2) is 15.0 Å². The van der Waals surface area contributed by atoms with E-state index in [0.29, 0.717) is 17.5 Å². The van der Waals surface area contributed by atoms with Gasteiger partial charge >= 0.3 is 0 Å². The summed E-state index contributed by atoms with van der Waals surface area (Å²) < 4.78 is 9.57. The summed E-state index contributed by atoms with van der Waals surface area (Å²) in [5.74, 6) is 1.83. The largest absolute Gasteiger partial charge is 0.455 e. The molecule has 0 radical (unpaired) electrons. The highest BCUT2D eigenvalue weighted by Gasteiger charge is 2.26.